The van der Waals surface area contributed by atoms with Crippen molar-refractivity contribution in [1.29, 1.82) is 0 Å². The highest BCUT2D eigenvalue weighted by Crippen LogP contribution is 2.65. The Kier molecular flexibility index (Phi) is 7.53. The lowest BCUT2D eigenvalue weighted by Gasteiger charge is -2.64. The molecule has 11 heteroatoms. The lowest BCUT2D eigenvalue weighted by atomic mass is 9.43. The quantitative estimate of drug-likeness (QED) is 0.448. The van der Waals surface area contributed by atoms with Crippen molar-refractivity contribution in [3.8, 4) is 0 Å². The van der Waals surface area contributed by atoms with Crippen molar-refractivity contribution in [1.82, 2.24) is 10.6 Å². The molecule has 5 aliphatic rings. The van der Waals surface area contributed by atoms with Gasteiger partial charge in [-0.3, -0.25) is 9.59 Å². The zero-order chi connectivity index (χ0) is 27.4. The molecule has 1 unspecified atom stereocenters. The highest BCUT2D eigenvalue weighted by molar-refractivity contribution is 6.48. The number of amides is 2. The molecular formula is C27H36BCl2N3O5. The topological polar surface area (TPSA) is 98.3 Å². The molecule has 3 saturated carbocycles. The van der Waals surface area contributed by atoms with Crippen LogP contribution in [0.3, 0.4) is 0 Å². The Morgan fingerprint density at radius 3 is 2.68 bits per heavy atom. The van der Waals surface area contributed by atoms with E-state index in [0.717, 1.165) is 6.42 Å². The SMILES string of the molecule is CC(C)C[C@H](NC(=O)C1CC(CNC(=O)c2cc(Cl)ccc2Cl)=NO1)B1O[C@@H]2C[C@@H]3C[C@@H](C3(C)C)[C@]2(C)O1. The normalized spacial score (nSPS) is 31.7. The summed E-state index contributed by atoms with van der Waals surface area (Å²) in [5.41, 5.74) is 0.744. The van der Waals surface area contributed by atoms with Gasteiger partial charge in [0.05, 0.1) is 40.5 Å². The summed E-state index contributed by atoms with van der Waals surface area (Å²) in [5, 5.41) is 10.6. The molecule has 6 rings (SSSR count). The average molecular weight is 564 g/mol. The second-order valence-corrected chi connectivity index (χ2v) is 13.2. The summed E-state index contributed by atoms with van der Waals surface area (Å²) in [6, 6.07) is 4.69. The van der Waals surface area contributed by atoms with Crippen molar-refractivity contribution in [2.45, 2.75) is 84.1 Å². The van der Waals surface area contributed by atoms with Gasteiger partial charge in [0.25, 0.3) is 11.8 Å². The number of benzene rings is 1. The van der Waals surface area contributed by atoms with Gasteiger partial charge in [-0.15, -0.1) is 0 Å². The number of oxime groups is 1. The Balaban J connectivity index is 1.16. The first-order valence-electron chi connectivity index (χ1n) is 13.5. The van der Waals surface area contributed by atoms with E-state index >= 15 is 0 Å². The van der Waals surface area contributed by atoms with Crippen LogP contribution >= 0.6 is 23.2 Å². The Morgan fingerprint density at radius 1 is 1.21 bits per heavy atom. The summed E-state index contributed by atoms with van der Waals surface area (Å²) in [4.78, 5) is 31.2. The fourth-order valence-electron chi connectivity index (χ4n) is 6.71. The molecule has 6 atom stereocenters. The lowest BCUT2D eigenvalue weighted by molar-refractivity contribution is -0.199. The third-order valence-electron chi connectivity index (χ3n) is 9.00. The van der Waals surface area contributed by atoms with Crippen LogP contribution in [0.25, 0.3) is 0 Å². The maximum absolute atomic E-state index is 13.2. The van der Waals surface area contributed by atoms with E-state index in [2.05, 4.69) is 50.4 Å². The first-order valence-corrected chi connectivity index (χ1v) is 14.2. The molecule has 2 aliphatic heterocycles. The van der Waals surface area contributed by atoms with Gasteiger partial charge >= 0.3 is 7.12 Å². The number of hydrogen-bond donors (Lipinski definition) is 2. The number of nitrogens with one attached hydrogen (secondary N) is 2. The van der Waals surface area contributed by atoms with Crippen molar-refractivity contribution in [2.75, 3.05) is 6.54 Å². The lowest BCUT2D eigenvalue weighted by Crippen LogP contribution is -2.65. The van der Waals surface area contributed by atoms with E-state index in [0.29, 0.717) is 39.9 Å². The molecule has 38 heavy (non-hydrogen) atoms. The van der Waals surface area contributed by atoms with Gasteiger partial charge in [0.1, 0.15) is 0 Å². The van der Waals surface area contributed by atoms with Crippen molar-refractivity contribution in [2.24, 2.45) is 28.3 Å². The Morgan fingerprint density at radius 2 is 1.97 bits per heavy atom. The zero-order valence-corrected chi connectivity index (χ0v) is 24.1. The van der Waals surface area contributed by atoms with Crippen molar-refractivity contribution >= 4 is 47.8 Å². The van der Waals surface area contributed by atoms with Gasteiger partial charge < -0.3 is 24.8 Å². The van der Waals surface area contributed by atoms with Crippen molar-refractivity contribution in [3.63, 3.8) is 0 Å². The number of nitrogens with zero attached hydrogens (tertiary/aromatic N) is 1. The molecule has 1 aromatic carbocycles. The molecule has 2 bridgehead atoms. The predicted octanol–water partition coefficient (Wildman–Crippen LogP) is 4.67. The number of hydrogen-bond acceptors (Lipinski definition) is 6. The summed E-state index contributed by atoms with van der Waals surface area (Å²) >= 11 is 12.1. The van der Waals surface area contributed by atoms with Crippen LogP contribution in [-0.2, 0) is 18.9 Å². The van der Waals surface area contributed by atoms with Gasteiger partial charge in [0.2, 0.25) is 6.10 Å². The monoisotopic (exact) mass is 563 g/mol. The van der Waals surface area contributed by atoms with E-state index in [1.165, 1.54) is 12.5 Å². The molecule has 206 valence electrons. The van der Waals surface area contributed by atoms with E-state index in [1.807, 2.05) is 0 Å². The number of carbonyl (C=O) groups is 2. The third-order valence-corrected chi connectivity index (χ3v) is 9.56. The molecule has 4 fully saturated rings. The average Bonchev–Trinajstić information content (AvgIpc) is 3.47. The van der Waals surface area contributed by atoms with Crippen LogP contribution in [0.1, 0.15) is 70.7 Å². The molecule has 2 heterocycles. The Hall–Kier alpha value is -1.81. The van der Waals surface area contributed by atoms with Crippen LogP contribution in [0, 0.1) is 23.2 Å². The van der Waals surface area contributed by atoms with Crippen LogP contribution in [0.4, 0.5) is 0 Å². The smallest absolute Gasteiger partial charge is 0.404 e. The molecule has 1 saturated heterocycles. The maximum Gasteiger partial charge on any atom is 0.481 e. The molecule has 2 N–H and O–H groups in total. The highest BCUT2D eigenvalue weighted by Gasteiger charge is 2.68. The zero-order valence-electron chi connectivity index (χ0n) is 22.6. The summed E-state index contributed by atoms with van der Waals surface area (Å²) in [6.45, 7) is 11.2. The molecule has 8 nitrogen and oxygen atoms in total. The van der Waals surface area contributed by atoms with Gasteiger partial charge in [-0.05, 0) is 67.6 Å². The molecule has 3 aliphatic carbocycles. The minimum Gasteiger partial charge on any atom is -0.404 e. The second-order valence-electron chi connectivity index (χ2n) is 12.3. The largest absolute Gasteiger partial charge is 0.481 e. The van der Waals surface area contributed by atoms with Gasteiger partial charge in [-0.1, -0.05) is 56.1 Å². The molecule has 0 spiro atoms. The van der Waals surface area contributed by atoms with Gasteiger partial charge in [-0.2, -0.15) is 0 Å². The van der Waals surface area contributed by atoms with Crippen LogP contribution in [0.2, 0.25) is 10.0 Å². The fraction of sp³-hybridized carbons (Fsp3) is 0.667. The van der Waals surface area contributed by atoms with Crippen molar-refractivity contribution in [3.05, 3.63) is 33.8 Å². The first kappa shape index (κ1) is 27.8. The number of rotatable bonds is 8. The summed E-state index contributed by atoms with van der Waals surface area (Å²) in [5.74, 6) is 0.488. The van der Waals surface area contributed by atoms with Crippen LogP contribution in [0.5, 0.6) is 0 Å². The molecule has 2 amide bonds. The summed E-state index contributed by atoms with van der Waals surface area (Å²) in [7, 11) is -0.505. The van der Waals surface area contributed by atoms with Crippen LogP contribution in [-0.4, -0.2) is 54.9 Å². The first-order chi connectivity index (χ1) is 17.9. The highest BCUT2D eigenvalue weighted by atomic mass is 35.5. The van der Waals surface area contributed by atoms with Gasteiger partial charge in [0, 0.05) is 11.4 Å². The van der Waals surface area contributed by atoms with E-state index in [4.69, 9.17) is 37.3 Å². The van der Waals surface area contributed by atoms with Crippen LogP contribution in [0.15, 0.2) is 23.4 Å². The molecular weight excluding hydrogens is 528 g/mol. The summed E-state index contributed by atoms with van der Waals surface area (Å²) < 4.78 is 13.1. The minimum absolute atomic E-state index is 0.0464. The number of carbonyl (C=O) groups excluding carboxylic acids is 2. The second kappa shape index (κ2) is 10.3. The van der Waals surface area contributed by atoms with Gasteiger partial charge in [0.15, 0.2) is 0 Å². The van der Waals surface area contributed by atoms with Crippen molar-refractivity contribution < 1.29 is 23.7 Å². The molecule has 0 aromatic heterocycles. The van der Waals surface area contributed by atoms with E-state index < -0.39 is 13.2 Å². The third kappa shape index (κ3) is 5.07. The van der Waals surface area contributed by atoms with E-state index in [9.17, 15) is 9.59 Å². The Bertz CT molecular complexity index is 1150. The fourth-order valence-corrected chi connectivity index (χ4v) is 7.09. The Labute approximate surface area is 234 Å². The molecule has 1 aromatic rings. The summed E-state index contributed by atoms with van der Waals surface area (Å²) in [6.07, 6.45) is 2.42. The van der Waals surface area contributed by atoms with E-state index in [1.54, 1.807) is 12.1 Å². The van der Waals surface area contributed by atoms with Gasteiger partial charge in [-0.25, -0.2) is 0 Å². The standard InChI is InChI=1S/C27H36BCl2N3O5/c1-14(2)8-23(28-36-22-10-15-9-21(26(15,3)4)27(22,5)38-28)32-25(35)20-12-17(33-37-20)13-31-24(34)18-11-16(29)6-7-19(18)30/h6-7,11,14-15,20-23H,8-10,12-13H2,1-5H3,(H,31,34)(H,32,35)/t15-,20?,21-,22+,23-,27-/m0/s1. The molecule has 0 radical (unpaired) electrons. The predicted molar refractivity (Wildman–Crippen MR) is 147 cm³/mol. The maximum atomic E-state index is 13.2. The van der Waals surface area contributed by atoms with Crippen LogP contribution < -0.4 is 10.6 Å². The number of halogens is 2. The minimum atomic E-state index is -0.780. The van der Waals surface area contributed by atoms with E-state index in [-0.39, 0.29) is 53.4 Å².